The van der Waals surface area contributed by atoms with Crippen molar-refractivity contribution >= 4 is 17.7 Å². The first-order valence-electron chi connectivity index (χ1n) is 8.00. The Kier molecular flexibility index (Phi) is 4.02. The lowest BCUT2D eigenvalue weighted by molar-refractivity contribution is -0.146. The number of nitrogens with one attached hydrogen (secondary N) is 1. The number of urea groups is 1. The van der Waals surface area contributed by atoms with E-state index >= 15 is 0 Å². The summed E-state index contributed by atoms with van der Waals surface area (Å²) in [6.45, 7) is 6.58. The summed E-state index contributed by atoms with van der Waals surface area (Å²) in [5.74, 6) is -0.805. The lowest BCUT2D eigenvalue weighted by Crippen LogP contribution is -2.49. The molecule has 3 rings (SSSR count). The summed E-state index contributed by atoms with van der Waals surface area (Å²) in [4.78, 5) is 27.5. The van der Waals surface area contributed by atoms with E-state index in [1.807, 2.05) is 34.1 Å². The molecule has 6 heteroatoms. The number of anilines is 1. The van der Waals surface area contributed by atoms with Crippen molar-refractivity contribution in [3.63, 3.8) is 0 Å². The first kappa shape index (κ1) is 15.8. The summed E-state index contributed by atoms with van der Waals surface area (Å²) in [5.41, 5.74) is 1.05. The third-order valence-electron chi connectivity index (χ3n) is 4.69. The van der Waals surface area contributed by atoms with Gasteiger partial charge in [-0.1, -0.05) is 12.1 Å². The van der Waals surface area contributed by atoms with Gasteiger partial charge in [0.05, 0.1) is 11.5 Å². The Morgan fingerprint density at radius 1 is 1.35 bits per heavy atom. The molecule has 0 saturated carbocycles. The van der Waals surface area contributed by atoms with Gasteiger partial charge in [-0.15, -0.1) is 0 Å². The standard InChI is InChI=1S/C17H23N3O3/c1-17(2,15(21)22)9-12-3-5-13(6-4-12)20-11-14-10-18-7-8-19(14)16(20)23/h3-6,14,18H,7-11H2,1-2H3,(H,21,22). The van der Waals surface area contributed by atoms with Crippen LogP contribution in [0.2, 0.25) is 0 Å². The van der Waals surface area contributed by atoms with Crippen LogP contribution in [0.5, 0.6) is 0 Å². The minimum atomic E-state index is -0.805. The van der Waals surface area contributed by atoms with Crippen LogP contribution < -0.4 is 10.2 Å². The van der Waals surface area contributed by atoms with Gasteiger partial charge in [0.2, 0.25) is 0 Å². The summed E-state index contributed by atoms with van der Waals surface area (Å²) >= 11 is 0. The van der Waals surface area contributed by atoms with Crippen LogP contribution in [0.4, 0.5) is 10.5 Å². The predicted molar refractivity (Wildman–Crippen MR) is 87.7 cm³/mol. The second-order valence-electron chi connectivity index (χ2n) is 6.98. The molecule has 2 saturated heterocycles. The molecule has 23 heavy (non-hydrogen) atoms. The van der Waals surface area contributed by atoms with Crippen LogP contribution in [-0.2, 0) is 11.2 Å². The molecule has 2 aliphatic heterocycles. The van der Waals surface area contributed by atoms with E-state index in [9.17, 15) is 14.7 Å². The van der Waals surface area contributed by atoms with Crippen LogP contribution in [-0.4, -0.2) is 54.2 Å². The maximum absolute atomic E-state index is 12.5. The highest BCUT2D eigenvalue weighted by molar-refractivity contribution is 5.94. The van der Waals surface area contributed by atoms with E-state index in [1.54, 1.807) is 13.8 Å². The second-order valence-corrected chi connectivity index (χ2v) is 6.98. The van der Waals surface area contributed by atoms with Crippen molar-refractivity contribution in [1.82, 2.24) is 10.2 Å². The fourth-order valence-electron chi connectivity index (χ4n) is 3.22. The van der Waals surface area contributed by atoms with Crippen molar-refractivity contribution < 1.29 is 14.7 Å². The van der Waals surface area contributed by atoms with Crippen molar-refractivity contribution in [1.29, 1.82) is 0 Å². The van der Waals surface area contributed by atoms with Crippen LogP contribution >= 0.6 is 0 Å². The number of amides is 2. The Labute approximate surface area is 136 Å². The van der Waals surface area contributed by atoms with E-state index in [2.05, 4.69) is 5.32 Å². The zero-order chi connectivity index (χ0) is 16.6. The highest BCUT2D eigenvalue weighted by Gasteiger charge is 2.39. The molecular weight excluding hydrogens is 294 g/mol. The molecule has 1 aromatic rings. The molecular formula is C17H23N3O3. The number of aliphatic carboxylic acids is 1. The van der Waals surface area contributed by atoms with Gasteiger partial charge in [-0.3, -0.25) is 9.69 Å². The van der Waals surface area contributed by atoms with E-state index in [0.29, 0.717) is 13.0 Å². The van der Waals surface area contributed by atoms with Gasteiger partial charge in [0.15, 0.2) is 0 Å². The van der Waals surface area contributed by atoms with Gasteiger partial charge < -0.3 is 15.3 Å². The van der Waals surface area contributed by atoms with Gasteiger partial charge in [-0.2, -0.15) is 0 Å². The highest BCUT2D eigenvalue weighted by atomic mass is 16.4. The number of hydrogen-bond acceptors (Lipinski definition) is 3. The highest BCUT2D eigenvalue weighted by Crippen LogP contribution is 2.27. The molecule has 1 aromatic carbocycles. The number of hydrogen-bond donors (Lipinski definition) is 2. The Morgan fingerprint density at radius 3 is 2.65 bits per heavy atom. The zero-order valence-electron chi connectivity index (χ0n) is 13.6. The van der Waals surface area contributed by atoms with Crippen molar-refractivity contribution in [2.45, 2.75) is 26.3 Å². The van der Waals surface area contributed by atoms with Crippen LogP contribution in [0.3, 0.4) is 0 Å². The zero-order valence-corrected chi connectivity index (χ0v) is 13.6. The van der Waals surface area contributed by atoms with Gasteiger partial charge in [-0.25, -0.2) is 4.79 Å². The lowest BCUT2D eigenvalue weighted by Gasteiger charge is -2.28. The van der Waals surface area contributed by atoms with Crippen molar-refractivity contribution in [2.24, 2.45) is 5.41 Å². The first-order valence-corrected chi connectivity index (χ1v) is 8.00. The number of carboxylic acids is 1. The molecule has 1 atom stereocenters. The van der Waals surface area contributed by atoms with Gasteiger partial charge in [0.1, 0.15) is 0 Å². The van der Waals surface area contributed by atoms with Crippen LogP contribution in [0, 0.1) is 5.41 Å². The minimum Gasteiger partial charge on any atom is -0.481 e. The number of carbonyl (C=O) groups excluding carboxylic acids is 1. The molecule has 2 amide bonds. The molecule has 6 nitrogen and oxygen atoms in total. The predicted octanol–water partition coefficient (Wildman–Crippen LogP) is 1.55. The molecule has 0 spiro atoms. The maximum Gasteiger partial charge on any atom is 0.324 e. The van der Waals surface area contributed by atoms with Crippen LogP contribution in [0.1, 0.15) is 19.4 Å². The van der Waals surface area contributed by atoms with E-state index < -0.39 is 11.4 Å². The molecule has 1 unspecified atom stereocenters. The smallest absolute Gasteiger partial charge is 0.324 e. The second kappa shape index (κ2) is 5.85. The Balaban J connectivity index is 1.73. The number of benzene rings is 1. The number of piperazine rings is 1. The summed E-state index contributed by atoms with van der Waals surface area (Å²) in [5, 5.41) is 12.5. The quantitative estimate of drug-likeness (QED) is 0.884. The molecule has 0 aromatic heterocycles. The molecule has 2 fully saturated rings. The number of rotatable bonds is 4. The number of fused-ring (bicyclic) bond motifs is 1. The largest absolute Gasteiger partial charge is 0.481 e. The molecule has 0 bridgehead atoms. The van der Waals surface area contributed by atoms with Gasteiger partial charge >= 0.3 is 12.0 Å². The Hall–Kier alpha value is -2.08. The average Bonchev–Trinajstić information content (AvgIpc) is 2.85. The SMILES string of the molecule is CC(C)(Cc1ccc(N2CC3CNCCN3C2=O)cc1)C(=O)O. The fraction of sp³-hybridized carbons (Fsp3) is 0.529. The van der Waals surface area contributed by atoms with E-state index in [0.717, 1.165) is 30.9 Å². The van der Waals surface area contributed by atoms with Crippen LogP contribution in [0.15, 0.2) is 24.3 Å². The maximum atomic E-state index is 12.5. The number of carbonyl (C=O) groups is 2. The molecule has 2 aliphatic rings. The topological polar surface area (TPSA) is 72.9 Å². The lowest BCUT2D eigenvalue weighted by atomic mass is 9.86. The Bertz CT molecular complexity index is 612. The van der Waals surface area contributed by atoms with E-state index in [-0.39, 0.29) is 12.1 Å². The normalized spacial score (nSPS) is 21.5. The van der Waals surface area contributed by atoms with Gasteiger partial charge in [0.25, 0.3) is 0 Å². The van der Waals surface area contributed by atoms with E-state index in [1.165, 1.54) is 0 Å². The van der Waals surface area contributed by atoms with Crippen LogP contribution in [0.25, 0.3) is 0 Å². The fourth-order valence-corrected chi connectivity index (χ4v) is 3.22. The number of nitrogens with zero attached hydrogens (tertiary/aromatic N) is 2. The average molecular weight is 317 g/mol. The summed E-state index contributed by atoms with van der Waals surface area (Å²) in [6.07, 6.45) is 0.467. The third kappa shape index (κ3) is 3.03. The molecule has 124 valence electrons. The van der Waals surface area contributed by atoms with Gasteiger partial charge in [-0.05, 0) is 38.0 Å². The minimum absolute atomic E-state index is 0.0649. The first-order chi connectivity index (χ1) is 10.9. The van der Waals surface area contributed by atoms with Crippen molar-refractivity contribution in [2.75, 3.05) is 31.1 Å². The molecule has 0 radical (unpaired) electrons. The monoisotopic (exact) mass is 317 g/mol. The van der Waals surface area contributed by atoms with Crippen molar-refractivity contribution in [3.05, 3.63) is 29.8 Å². The summed E-state index contributed by atoms with van der Waals surface area (Å²) < 4.78 is 0. The summed E-state index contributed by atoms with van der Waals surface area (Å²) in [7, 11) is 0. The van der Waals surface area contributed by atoms with E-state index in [4.69, 9.17) is 0 Å². The molecule has 2 heterocycles. The number of carboxylic acid groups (broad SMARTS) is 1. The molecule has 0 aliphatic carbocycles. The Morgan fingerprint density at radius 2 is 2.04 bits per heavy atom. The van der Waals surface area contributed by atoms with Gasteiger partial charge in [0, 0.05) is 31.9 Å². The molecule has 2 N–H and O–H groups in total. The third-order valence-corrected chi connectivity index (χ3v) is 4.69. The van der Waals surface area contributed by atoms with Crippen molar-refractivity contribution in [3.8, 4) is 0 Å². The summed E-state index contributed by atoms with van der Waals surface area (Å²) in [6, 6.07) is 7.97.